The van der Waals surface area contributed by atoms with Crippen molar-refractivity contribution < 1.29 is 9.53 Å². The van der Waals surface area contributed by atoms with E-state index in [0.717, 1.165) is 11.3 Å². The maximum absolute atomic E-state index is 11.4. The molecule has 1 rings (SSSR count). The van der Waals surface area contributed by atoms with Gasteiger partial charge in [-0.15, -0.1) is 12.4 Å². The van der Waals surface area contributed by atoms with E-state index in [0.29, 0.717) is 6.61 Å². The number of benzene rings is 1. The monoisotopic (exact) mass is 244 g/mol. The Hall–Kier alpha value is -1.10. The number of carbonyl (C=O) groups is 1. The Morgan fingerprint density at radius 3 is 2.69 bits per heavy atom. The van der Waals surface area contributed by atoms with Gasteiger partial charge in [0.2, 0.25) is 5.91 Å². The molecule has 0 heterocycles. The molecule has 90 valence electrons. The smallest absolute Gasteiger partial charge is 0.241 e. The van der Waals surface area contributed by atoms with E-state index >= 15 is 0 Å². The van der Waals surface area contributed by atoms with Gasteiger partial charge in [-0.3, -0.25) is 4.79 Å². The minimum absolute atomic E-state index is 0. The number of halogens is 1. The minimum atomic E-state index is -0.513. The van der Waals surface area contributed by atoms with Gasteiger partial charge >= 0.3 is 0 Å². The van der Waals surface area contributed by atoms with Crippen LogP contribution in [0.25, 0.3) is 0 Å². The summed E-state index contributed by atoms with van der Waals surface area (Å²) in [4.78, 5) is 11.4. The van der Waals surface area contributed by atoms with Crippen molar-refractivity contribution in [3.05, 3.63) is 29.8 Å². The van der Waals surface area contributed by atoms with Crippen LogP contribution in [0.3, 0.4) is 0 Å². The van der Waals surface area contributed by atoms with E-state index in [1.54, 1.807) is 14.0 Å². The van der Waals surface area contributed by atoms with E-state index < -0.39 is 6.04 Å². The fourth-order valence-electron chi connectivity index (χ4n) is 1.17. The highest BCUT2D eigenvalue weighted by molar-refractivity contribution is 5.94. The van der Waals surface area contributed by atoms with Crippen LogP contribution in [0.15, 0.2) is 24.3 Å². The predicted molar refractivity (Wildman–Crippen MR) is 66.7 cm³/mol. The lowest BCUT2D eigenvalue weighted by atomic mass is 10.2. The van der Waals surface area contributed by atoms with Crippen LogP contribution in [0.5, 0.6) is 0 Å². The Morgan fingerprint density at radius 1 is 1.50 bits per heavy atom. The molecule has 5 heteroatoms. The molecule has 0 aliphatic carbocycles. The Balaban J connectivity index is 0.00000225. The molecule has 0 aromatic heterocycles. The summed E-state index contributed by atoms with van der Waals surface area (Å²) in [7, 11) is 1.62. The first-order valence-electron chi connectivity index (χ1n) is 4.78. The lowest BCUT2D eigenvalue weighted by Crippen LogP contribution is -2.32. The molecule has 0 saturated carbocycles. The molecule has 16 heavy (non-hydrogen) atoms. The van der Waals surface area contributed by atoms with Gasteiger partial charge in [0.1, 0.15) is 0 Å². The quantitative estimate of drug-likeness (QED) is 0.845. The highest BCUT2D eigenvalue weighted by Gasteiger charge is 2.09. The summed E-state index contributed by atoms with van der Waals surface area (Å²) < 4.78 is 5.03. The van der Waals surface area contributed by atoms with Gasteiger partial charge in [-0.05, 0) is 13.0 Å². The van der Waals surface area contributed by atoms with E-state index in [-0.39, 0.29) is 18.3 Å². The Morgan fingerprint density at radius 2 is 2.12 bits per heavy atom. The number of amides is 1. The molecule has 1 amide bonds. The molecule has 0 aliphatic rings. The van der Waals surface area contributed by atoms with Gasteiger partial charge in [0, 0.05) is 18.4 Å². The molecule has 1 aromatic carbocycles. The van der Waals surface area contributed by atoms with Crippen molar-refractivity contribution >= 4 is 24.0 Å². The van der Waals surface area contributed by atoms with Crippen molar-refractivity contribution in [1.82, 2.24) is 0 Å². The van der Waals surface area contributed by atoms with E-state index in [1.165, 1.54) is 0 Å². The molecule has 0 bridgehead atoms. The topological polar surface area (TPSA) is 64.3 Å². The molecule has 0 radical (unpaired) electrons. The average molecular weight is 245 g/mol. The second kappa shape index (κ2) is 7.22. The Kier molecular flexibility index (Phi) is 6.72. The van der Waals surface area contributed by atoms with Crippen molar-refractivity contribution in [2.75, 3.05) is 12.4 Å². The van der Waals surface area contributed by atoms with E-state index in [9.17, 15) is 4.79 Å². The third-order valence-corrected chi connectivity index (χ3v) is 1.99. The summed E-state index contributed by atoms with van der Waals surface area (Å²) in [5, 5.41) is 2.75. The molecule has 3 N–H and O–H groups in total. The zero-order chi connectivity index (χ0) is 11.3. The lowest BCUT2D eigenvalue weighted by Gasteiger charge is -2.11. The number of hydrogen-bond donors (Lipinski definition) is 2. The second-order valence-corrected chi connectivity index (χ2v) is 3.37. The van der Waals surface area contributed by atoms with Gasteiger partial charge in [0.25, 0.3) is 0 Å². The van der Waals surface area contributed by atoms with Crippen LogP contribution in [0.1, 0.15) is 12.5 Å². The number of anilines is 1. The Labute approximate surface area is 102 Å². The van der Waals surface area contributed by atoms with Crippen LogP contribution in [-0.4, -0.2) is 19.1 Å². The first kappa shape index (κ1) is 14.9. The van der Waals surface area contributed by atoms with Gasteiger partial charge in [0.15, 0.2) is 0 Å². The molecule has 1 aromatic rings. The van der Waals surface area contributed by atoms with Crippen LogP contribution in [-0.2, 0) is 16.1 Å². The molecule has 0 fully saturated rings. The zero-order valence-corrected chi connectivity index (χ0v) is 10.2. The van der Waals surface area contributed by atoms with Crippen molar-refractivity contribution in [2.45, 2.75) is 19.6 Å². The fraction of sp³-hybridized carbons (Fsp3) is 0.364. The number of carbonyl (C=O) groups excluding carboxylic acids is 1. The maximum atomic E-state index is 11.4. The summed E-state index contributed by atoms with van der Waals surface area (Å²) >= 11 is 0. The first-order chi connectivity index (χ1) is 7.15. The van der Waals surface area contributed by atoms with Gasteiger partial charge in [-0.25, -0.2) is 0 Å². The van der Waals surface area contributed by atoms with Crippen LogP contribution in [0.2, 0.25) is 0 Å². The van der Waals surface area contributed by atoms with Gasteiger partial charge < -0.3 is 15.8 Å². The summed E-state index contributed by atoms with van der Waals surface area (Å²) in [6.45, 7) is 2.11. The number of para-hydroxylation sites is 1. The SMILES string of the molecule is COCc1ccccc1NC(=O)C(C)N.Cl. The van der Waals surface area contributed by atoms with Crippen LogP contribution in [0, 0.1) is 0 Å². The molecule has 0 saturated heterocycles. The van der Waals surface area contributed by atoms with Crippen molar-refractivity contribution in [3.63, 3.8) is 0 Å². The molecular formula is C11H17ClN2O2. The molecule has 1 unspecified atom stereocenters. The zero-order valence-electron chi connectivity index (χ0n) is 9.40. The van der Waals surface area contributed by atoms with Crippen molar-refractivity contribution in [3.8, 4) is 0 Å². The first-order valence-corrected chi connectivity index (χ1v) is 4.78. The number of nitrogens with one attached hydrogen (secondary N) is 1. The maximum Gasteiger partial charge on any atom is 0.241 e. The summed E-state index contributed by atoms with van der Waals surface area (Å²) in [6, 6.07) is 6.97. The van der Waals surface area contributed by atoms with E-state index in [4.69, 9.17) is 10.5 Å². The molecule has 0 aliphatic heterocycles. The summed E-state index contributed by atoms with van der Waals surface area (Å²) in [5.74, 6) is -0.196. The van der Waals surface area contributed by atoms with Gasteiger partial charge in [-0.2, -0.15) is 0 Å². The molecule has 4 nitrogen and oxygen atoms in total. The van der Waals surface area contributed by atoms with Crippen molar-refractivity contribution in [1.29, 1.82) is 0 Å². The molecular weight excluding hydrogens is 228 g/mol. The number of methoxy groups -OCH3 is 1. The van der Waals surface area contributed by atoms with Crippen LogP contribution >= 0.6 is 12.4 Å². The van der Waals surface area contributed by atoms with Crippen LogP contribution in [0.4, 0.5) is 5.69 Å². The van der Waals surface area contributed by atoms with E-state index in [1.807, 2.05) is 24.3 Å². The minimum Gasteiger partial charge on any atom is -0.380 e. The van der Waals surface area contributed by atoms with Crippen molar-refractivity contribution in [2.24, 2.45) is 5.73 Å². The largest absolute Gasteiger partial charge is 0.380 e. The highest BCUT2D eigenvalue weighted by Crippen LogP contribution is 2.15. The summed E-state index contributed by atoms with van der Waals surface area (Å²) in [5.41, 5.74) is 7.15. The Bertz CT molecular complexity index is 343. The van der Waals surface area contributed by atoms with Crippen LogP contribution < -0.4 is 11.1 Å². The average Bonchev–Trinajstić information content (AvgIpc) is 2.21. The van der Waals surface area contributed by atoms with Gasteiger partial charge in [0.05, 0.1) is 12.6 Å². The standard InChI is InChI=1S/C11H16N2O2.ClH/c1-8(12)11(14)13-10-6-4-3-5-9(10)7-15-2;/h3-6,8H,7,12H2,1-2H3,(H,13,14);1H. The summed E-state index contributed by atoms with van der Waals surface area (Å²) in [6.07, 6.45) is 0. The highest BCUT2D eigenvalue weighted by atomic mass is 35.5. The number of nitrogens with two attached hydrogens (primary N) is 1. The second-order valence-electron chi connectivity index (χ2n) is 3.37. The lowest BCUT2D eigenvalue weighted by molar-refractivity contribution is -0.117. The third kappa shape index (κ3) is 4.18. The fourth-order valence-corrected chi connectivity index (χ4v) is 1.17. The number of ether oxygens (including phenoxy) is 1. The predicted octanol–water partition coefficient (Wildman–Crippen LogP) is 1.54. The van der Waals surface area contributed by atoms with E-state index in [2.05, 4.69) is 5.32 Å². The van der Waals surface area contributed by atoms with Gasteiger partial charge in [-0.1, -0.05) is 18.2 Å². The third-order valence-electron chi connectivity index (χ3n) is 1.99. The number of hydrogen-bond acceptors (Lipinski definition) is 3. The number of rotatable bonds is 4. The molecule has 1 atom stereocenters. The molecule has 0 spiro atoms. The normalized spacial score (nSPS) is 11.4.